The number of hydrogen-bond acceptors (Lipinski definition) is 1. The second kappa shape index (κ2) is 6.36. The van der Waals surface area contributed by atoms with E-state index in [0.717, 1.165) is 11.1 Å². The van der Waals surface area contributed by atoms with Crippen molar-refractivity contribution in [1.29, 1.82) is 0 Å². The third kappa shape index (κ3) is 3.29. The lowest BCUT2D eigenvalue weighted by molar-refractivity contribution is -0.116. The summed E-state index contributed by atoms with van der Waals surface area (Å²) >= 11 is 24.4. The Kier molecular flexibility index (Phi) is 4.98. The summed E-state index contributed by atoms with van der Waals surface area (Å²) in [7, 11) is 0. The maximum atomic E-state index is 11.1. The van der Waals surface area contributed by atoms with Crippen molar-refractivity contribution in [1.82, 2.24) is 0 Å². The van der Waals surface area contributed by atoms with Crippen molar-refractivity contribution in [2.24, 2.45) is 0 Å². The zero-order valence-electron chi connectivity index (χ0n) is 10.5. The first kappa shape index (κ1) is 15.7. The molecule has 5 heteroatoms. The van der Waals surface area contributed by atoms with E-state index < -0.39 is 0 Å². The molecule has 0 saturated carbocycles. The quantitative estimate of drug-likeness (QED) is 0.613. The number of carbonyl (C=O) groups excluding carboxylic acids is 1. The largest absolute Gasteiger partial charge is 0.300 e. The number of Topliss-reactive ketones (excluding diaryl/α,β-unsaturated/α-hetero) is 1. The van der Waals surface area contributed by atoms with E-state index in [9.17, 15) is 4.79 Å². The molecule has 2 aromatic rings. The average molecular weight is 348 g/mol. The molecule has 2 rings (SSSR count). The van der Waals surface area contributed by atoms with E-state index in [1.54, 1.807) is 6.92 Å². The zero-order valence-corrected chi connectivity index (χ0v) is 13.5. The molecule has 104 valence electrons. The van der Waals surface area contributed by atoms with E-state index in [1.807, 2.05) is 24.3 Å². The van der Waals surface area contributed by atoms with Gasteiger partial charge in [-0.05, 0) is 24.1 Å². The lowest BCUT2D eigenvalue weighted by Gasteiger charge is -2.11. The normalized spacial score (nSPS) is 10.7. The smallest absolute Gasteiger partial charge is 0.134 e. The highest BCUT2D eigenvalue weighted by Crippen LogP contribution is 2.43. The second-order valence-corrected chi connectivity index (χ2v) is 5.99. The minimum Gasteiger partial charge on any atom is -0.300 e. The Morgan fingerprint density at radius 2 is 1.45 bits per heavy atom. The monoisotopic (exact) mass is 346 g/mol. The molecule has 0 aromatic heterocycles. The van der Waals surface area contributed by atoms with Crippen LogP contribution in [0.3, 0.4) is 0 Å². The van der Waals surface area contributed by atoms with Gasteiger partial charge in [-0.2, -0.15) is 0 Å². The molecule has 20 heavy (non-hydrogen) atoms. The topological polar surface area (TPSA) is 17.1 Å². The van der Waals surface area contributed by atoms with E-state index in [1.165, 1.54) is 6.07 Å². The van der Waals surface area contributed by atoms with Gasteiger partial charge in [0.15, 0.2) is 0 Å². The number of halogens is 4. The van der Waals surface area contributed by atoms with Crippen LogP contribution in [0.15, 0.2) is 30.3 Å². The van der Waals surface area contributed by atoms with Gasteiger partial charge in [-0.25, -0.2) is 0 Å². The van der Waals surface area contributed by atoms with Gasteiger partial charge >= 0.3 is 0 Å². The lowest BCUT2D eigenvalue weighted by Crippen LogP contribution is -1.95. The van der Waals surface area contributed by atoms with Crippen LogP contribution in [0, 0.1) is 0 Å². The van der Waals surface area contributed by atoms with E-state index >= 15 is 0 Å². The van der Waals surface area contributed by atoms with Crippen molar-refractivity contribution in [2.75, 3.05) is 0 Å². The predicted octanol–water partition coefficient (Wildman–Crippen LogP) is 6.10. The summed E-state index contributed by atoms with van der Waals surface area (Å²) < 4.78 is 0. The Morgan fingerprint density at radius 1 is 0.950 bits per heavy atom. The molecule has 0 aliphatic carbocycles. The predicted molar refractivity (Wildman–Crippen MR) is 86.3 cm³/mol. The second-order valence-electron chi connectivity index (χ2n) is 4.42. The molecule has 0 saturated heterocycles. The summed E-state index contributed by atoms with van der Waals surface area (Å²) in [6.07, 6.45) is 0.401. The van der Waals surface area contributed by atoms with Crippen molar-refractivity contribution in [3.05, 3.63) is 56.0 Å². The summed E-state index contributed by atoms with van der Waals surface area (Å²) in [6.45, 7) is 1.55. The van der Waals surface area contributed by atoms with Gasteiger partial charge in [0.05, 0.1) is 20.1 Å². The molecule has 0 aliphatic heterocycles. The third-order valence-electron chi connectivity index (χ3n) is 2.81. The summed E-state index contributed by atoms with van der Waals surface area (Å²) in [5.74, 6) is 0.111. The standard InChI is InChI=1S/C15H10Cl4O/c1-8(20)6-9-2-4-10(5-3-9)13-14(18)11(16)7-12(17)15(13)19/h2-5,7H,6H2,1H3. The van der Waals surface area contributed by atoms with Crippen molar-refractivity contribution >= 4 is 52.2 Å². The van der Waals surface area contributed by atoms with Crippen LogP contribution >= 0.6 is 46.4 Å². The van der Waals surface area contributed by atoms with Crippen molar-refractivity contribution in [3.63, 3.8) is 0 Å². The zero-order chi connectivity index (χ0) is 14.9. The van der Waals surface area contributed by atoms with E-state index in [4.69, 9.17) is 46.4 Å². The molecule has 0 amide bonds. The fourth-order valence-corrected chi connectivity index (χ4v) is 2.93. The minimum atomic E-state index is 0.111. The number of carbonyl (C=O) groups is 1. The fraction of sp³-hybridized carbons (Fsp3) is 0.133. The maximum Gasteiger partial charge on any atom is 0.134 e. The molecule has 0 atom stereocenters. The van der Waals surface area contributed by atoms with Gasteiger partial charge in [-0.15, -0.1) is 0 Å². The van der Waals surface area contributed by atoms with Crippen LogP contribution in [0.1, 0.15) is 12.5 Å². The fourth-order valence-electron chi connectivity index (χ4n) is 1.90. The molecule has 0 unspecified atom stereocenters. The van der Waals surface area contributed by atoms with E-state index in [0.29, 0.717) is 32.1 Å². The van der Waals surface area contributed by atoms with Gasteiger partial charge < -0.3 is 0 Å². The Bertz CT molecular complexity index is 636. The third-order valence-corrected chi connectivity index (χ3v) is 4.38. The number of rotatable bonds is 3. The Balaban J connectivity index is 2.49. The molecule has 0 spiro atoms. The molecule has 0 fully saturated rings. The Hall–Kier alpha value is -0.730. The average Bonchev–Trinajstić information content (AvgIpc) is 2.38. The highest BCUT2D eigenvalue weighted by molar-refractivity contribution is 6.50. The van der Waals surface area contributed by atoms with E-state index in [-0.39, 0.29) is 5.78 Å². The first-order valence-corrected chi connectivity index (χ1v) is 7.33. The van der Waals surface area contributed by atoms with Crippen molar-refractivity contribution in [2.45, 2.75) is 13.3 Å². The van der Waals surface area contributed by atoms with Crippen LogP contribution in [-0.2, 0) is 11.2 Å². The highest BCUT2D eigenvalue weighted by Gasteiger charge is 2.15. The Morgan fingerprint density at radius 3 is 1.90 bits per heavy atom. The molecule has 0 bridgehead atoms. The van der Waals surface area contributed by atoms with Gasteiger partial charge in [0.1, 0.15) is 5.78 Å². The maximum absolute atomic E-state index is 11.1. The number of hydrogen-bond donors (Lipinski definition) is 0. The lowest BCUT2D eigenvalue weighted by atomic mass is 10.0. The number of ketones is 1. The van der Waals surface area contributed by atoms with Gasteiger partial charge in [0.2, 0.25) is 0 Å². The molecule has 0 heterocycles. The van der Waals surface area contributed by atoms with Crippen LogP contribution in [0.25, 0.3) is 11.1 Å². The summed E-state index contributed by atoms with van der Waals surface area (Å²) in [5.41, 5.74) is 2.33. The molecule has 0 aliphatic rings. The molecular formula is C15H10Cl4O. The van der Waals surface area contributed by atoms with Crippen LogP contribution < -0.4 is 0 Å². The summed E-state index contributed by atoms with van der Waals surface area (Å²) in [6, 6.07) is 8.92. The van der Waals surface area contributed by atoms with Crippen LogP contribution in [-0.4, -0.2) is 5.78 Å². The molecule has 0 N–H and O–H groups in total. The molecule has 2 aromatic carbocycles. The molecule has 1 nitrogen and oxygen atoms in total. The molecular weight excluding hydrogens is 338 g/mol. The minimum absolute atomic E-state index is 0.111. The van der Waals surface area contributed by atoms with Gasteiger partial charge in [0, 0.05) is 12.0 Å². The highest BCUT2D eigenvalue weighted by atomic mass is 35.5. The van der Waals surface area contributed by atoms with Crippen molar-refractivity contribution < 1.29 is 4.79 Å². The Labute approximate surface area is 137 Å². The van der Waals surface area contributed by atoms with Crippen molar-refractivity contribution in [3.8, 4) is 11.1 Å². The SMILES string of the molecule is CC(=O)Cc1ccc(-c2c(Cl)c(Cl)cc(Cl)c2Cl)cc1. The van der Waals surface area contributed by atoms with Crippen LogP contribution in [0.2, 0.25) is 20.1 Å². The van der Waals surface area contributed by atoms with E-state index in [2.05, 4.69) is 0 Å². The van der Waals surface area contributed by atoms with Gasteiger partial charge in [0.25, 0.3) is 0 Å². The van der Waals surface area contributed by atoms with Gasteiger partial charge in [-0.1, -0.05) is 70.7 Å². The molecule has 0 radical (unpaired) electrons. The van der Waals surface area contributed by atoms with Crippen LogP contribution in [0.5, 0.6) is 0 Å². The summed E-state index contributed by atoms with van der Waals surface area (Å²) in [4.78, 5) is 11.1. The summed E-state index contributed by atoms with van der Waals surface area (Å²) in [5, 5.41) is 1.42. The first-order chi connectivity index (χ1) is 9.40. The first-order valence-electron chi connectivity index (χ1n) is 5.82. The van der Waals surface area contributed by atoms with Gasteiger partial charge in [-0.3, -0.25) is 4.79 Å². The number of benzene rings is 2. The van der Waals surface area contributed by atoms with Crippen LogP contribution in [0.4, 0.5) is 0 Å².